The van der Waals surface area contributed by atoms with E-state index in [9.17, 15) is 8.78 Å². The van der Waals surface area contributed by atoms with Crippen molar-refractivity contribution in [3.8, 4) is 0 Å². The number of methoxy groups -OCH3 is 1. The van der Waals surface area contributed by atoms with E-state index in [1.54, 1.807) is 0 Å². The summed E-state index contributed by atoms with van der Waals surface area (Å²) in [6, 6.07) is 0. The Labute approximate surface area is 196 Å². The van der Waals surface area contributed by atoms with E-state index in [4.69, 9.17) is 14.2 Å². The molecule has 32 heavy (non-hydrogen) atoms. The first-order valence-electron chi connectivity index (χ1n) is 12.9. The zero-order chi connectivity index (χ0) is 23.9. The van der Waals surface area contributed by atoms with Crippen LogP contribution in [0.2, 0.25) is 0 Å². The lowest BCUT2D eigenvalue weighted by molar-refractivity contribution is -0.0782. The Morgan fingerprint density at radius 1 is 1.00 bits per heavy atom. The third-order valence-corrected chi connectivity index (χ3v) is 6.44. The second-order valence-electron chi connectivity index (χ2n) is 9.50. The maximum Gasteiger partial charge on any atom is 0.196 e. The number of rotatable bonds is 12. The van der Waals surface area contributed by atoms with Crippen LogP contribution in [0.4, 0.5) is 8.78 Å². The van der Waals surface area contributed by atoms with Crippen LogP contribution < -0.4 is 0 Å². The molecule has 1 fully saturated rings. The topological polar surface area (TPSA) is 27.7 Å². The van der Waals surface area contributed by atoms with E-state index in [0.717, 1.165) is 25.9 Å². The van der Waals surface area contributed by atoms with Crippen molar-refractivity contribution in [2.45, 2.75) is 117 Å². The molecule has 0 amide bonds. The Morgan fingerprint density at radius 3 is 2.31 bits per heavy atom. The first-order valence-corrected chi connectivity index (χ1v) is 12.9. The molecule has 4 atom stereocenters. The maximum atomic E-state index is 14.3. The lowest BCUT2D eigenvalue weighted by Gasteiger charge is -2.30. The predicted molar refractivity (Wildman–Crippen MR) is 129 cm³/mol. The van der Waals surface area contributed by atoms with Crippen molar-refractivity contribution in [3.63, 3.8) is 0 Å². The summed E-state index contributed by atoms with van der Waals surface area (Å²) in [5.41, 5.74) is 0.570. The first kappa shape index (κ1) is 29.1. The van der Waals surface area contributed by atoms with Crippen molar-refractivity contribution in [3.05, 3.63) is 23.0 Å². The van der Waals surface area contributed by atoms with Gasteiger partial charge < -0.3 is 14.2 Å². The molecule has 0 spiro atoms. The summed E-state index contributed by atoms with van der Waals surface area (Å²) in [6.07, 6.45) is 11.6. The van der Waals surface area contributed by atoms with Gasteiger partial charge >= 0.3 is 0 Å². The molecule has 1 aliphatic carbocycles. The van der Waals surface area contributed by atoms with Crippen LogP contribution in [0, 0.1) is 11.8 Å². The van der Waals surface area contributed by atoms with Gasteiger partial charge in [-0.2, -0.15) is 0 Å². The van der Waals surface area contributed by atoms with Crippen molar-refractivity contribution in [2.75, 3.05) is 20.3 Å². The highest BCUT2D eigenvalue weighted by Gasteiger charge is 2.27. The highest BCUT2D eigenvalue weighted by Crippen LogP contribution is 2.37. The zero-order valence-corrected chi connectivity index (χ0v) is 21.5. The van der Waals surface area contributed by atoms with E-state index >= 15 is 0 Å². The highest BCUT2D eigenvalue weighted by atomic mass is 19.2. The van der Waals surface area contributed by atoms with Crippen molar-refractivity contribution >= 4 is 0 Å². The minimum absolute atomic E-state index is 0.0000145. The van der Waals surface area contributed by atoms with Crippen molar-refractivity contribution < 1.29 is 23.0 Å². The number of hydrogen-bond donors (Lipinski definition) is 0. The molecule has 3 nitrogen and oxygen atoms in total. The average molecular weight is 459 g/mol. The van der Waals surface area contributed by atoms with Gasteiger partial charge in [-0.25, -0.2) is 8.78 Å². The van der Waals surface area contributed by atoms with Gasteiger partial charge in [-0.15, -0.1) is 0 Å². The molecule has 2 aliphatic rings. The largest absolute Gasteiger partial charge is 0.498 e. The number of ether oxygens (including phenoxy) is 3. The molecular weight excluding hydrogens is 410 g/mol. The number of allylic oxidation sites excluding steroid dienone is 4. The van der Waals surface area contributed by atoms with Gasteiger partial charge in [0.25, 0.3) is 0 Å². The SMILES string of the molecule is CCC.CCCCCC1CCC(COC(C)CCC(C)C2=C(F)C(F)=C(OC)CC2)OC1. The normalized spacial score (nSPS) is 23.5. The van der Waals surface area contributed by atoms with Gasteiger partial charge in [0.15, 0.2) is 11.7 Å². The quantitative estimate of drug-likeness (QED) is 0.275. The van der Waals surface area contributed by atoms with Gasteiger partial charge in [-0.1, -0.05) is 53.4 Å². The molecule has 0 bridgehead atoms. The van der Waals surface area contributed by atoms with Crippen LogP contribution in [0.3, 0.4) is 0 Å². The molecule has 0 saturated carbocycles. The van der Waals surface area contributed by atoms with Crippen molar-refractivity contribution in [1.82, 2.24) is 0 Å². The molecule has 1 aliphatic heterocycles. The van der Waals surface area contributed by atoms with Gasteiger partial charge in [0.1, 0.15) is 5.76 Å². The van der Waals surface area contributed by atoms with Gasteiger partial charge in [-0.3, -0.25) is 0 Å². The van der Waals surface area contributed by atoms with Gasteiger partial charge in [0, 0.05) is 13.0 Å². The third-order valence-electron chi connectivity index (χ3n) is 6.44. The van der Waals surface area contributed by atoms with Crippen LogP contribution in [0.5, 0.6) is 0 Å². The monoisotopic (exact) mass is 458 g/mol. The summed E-state index contributed by atoms with van der Waals surface area (Å²) in [6.45, 7) is 12.0. The molecule has 1 saturated heterocycles. The minimum atomic E-state index is -0.827. The fourth-order valence-corrected chi connectivity index (χ4v) is 4.30. The van der Waals surface area contributed by atoms with E-state index in [1.165, 1.54) is 45.6 Å². The zero-order valence-electron chi connectivity index (χ0n) is 21.5. The Bertz CT molecular complexity index is 565. The molecule has 2 rings (SSSR count). The van der Waals surface area contributed by atoms with E-state index in [-0.39, 0.29) is 23.9 Å². The Balaban J connectivity index is 0.00000161. The second kappa shape index (κ2) is 16.6. The van der Waals surface area contributed by atoms with Gasteiger partial charge in [-0.05, 0) is 62.9 Å². The fraction of sp³-hybridized carbons (Fsp3) is 0.852. The molecule has 5 heteroatoms. The molecule has 188 valence electrons. The molecular formula is C27H48F2O3. The van der Waals surface area contributed by atoms with E-state index in [1.807, 2.05) is 6.92 Å². The van der Waals surface area contributed by atoms with E-state index in [2.05, 4.69) is 27.7 Å². The fourth-order valence-electron chi connectivity index (χ4n) is 4.30. The van der Waals surface area contributed by atoms with Crippen LogP contribution in [0.15, 0.2) is 23.0 Å². The predicted octanol–water partition coefficient (Wildman–Crippen LogP) is 8.44. The molecule has 0 radical (unpaired) electrons. The first-order chi connectivity index (χ1) is 15.4. The average Bonchev–Trinajstić information content (AvgIpc) is 2.79. The van der Waals surface area contributed by atoms with Crippen LogP contribution in [0.25, 0.3) is 0 Å². The standard InChI is InChI=1S/C24H40F2O3.C3H8/c1-5-6-7-8-19-11-12-20(29-15-19)16-28-18(3)10-9-17(2)21-13-14-22(27-4)24(26)23(21)25;1-3-2/h17-20H,5-16H2,1-4H3;3H2,1-2H3. The summed E-state index contributed by atoms with van der Waals surface area (Å²) >= 11 is 0. The van der Waals surface area contributed by atoms with E-state index in [0.29, 0.717) is 30.9 Å². The Hall–Kier alpha value is -0.940. The van der Waals surface area contributed by atoms with Crippen LogP contribution in [-0.2, 0) is 14.2 Å². The van der Waals surface area contributed by atoms with E-state index < -0.39 is 11.7 Å². The highest BCUT2D eigenvalue weighted by molar-refractivity contribution is 5.33. The Kier molecular flexibility index (Phi) is 15.1. The molecule has 4 unspecified atom stereocenters. The number of hydrogen-bond acceptors (Lipinski definition) is 3. The minimum Gasteiger partial charge on any atom is -0.498 e. The molecule has 1 heterocycles. The summed E-state index contributed by atoms with van der Waals surface area (Å²) in [5, 5.41) is 0. The smallest absolute Gasteiger partial charge is 0.196 e. The molecule has 0 aromatic carbocycles. The van der Waals surface area contributed by atoms with Gasteiger partial charge in [0.2, 0.25) is 0 Å². The van der Waals surface area contributed by atoms with Crippen molar-refractivity contribution in [1.29, 1.82) is 0 Å². The third kappa shape index (κ3) is 10.3. The lowest BCUT2D eigenvalue weighted by Crippen LogP contribution is -2.31. The van der Waals surface area contributed by atoms with Crippen LogP contribution >= 0.6 is 0 Å². The lowest BCUT2D eigenvalue weighted by atomic mass is 9.88. The molecule has 0 N–H and O–H groups in total. The van der Waals surface area contributed by atoms with Crippen LogP contribution in [-0.4, -0.2) is 32.5 Å². The molecule has 0 aromatic rings. The van der Waals surface area contributed by atoms with Crippen molar-refractivity contribution in [2.24, 2.45) is 11.8 Å². The summed E-state index contributed by atoms with van der Waals surface area (Å²) < 4.78 is 45.2. The van der Waals surface area contributed by atoms with Gasteiger partial charge in [0.05, 0.1) is 25.9 Å². The summed E-state index contributed by atoms with van der Waals surface area (Å²) in [4.78, 5) is 0. The maximum absolute atomic E-state index is 14.3. The number of unbranched alkanes of at least 4 members (excludes halogenated alkanes) is 2. The summed E-state index contributed by atoms with van der Waals surface area (Å²) in [7, 11) is 1.39. The Morgan fingerprint density at radius 2 is 1.72 bits per heavy atom. The second-order valence-corrected chi connectivity index (χ2v) is 9.50. The summed E-state index contributed by atoms with van der Waals surface area (Å²) in [5.74, 6) is -0.719. The molecule has 0 aromatic heterocycles. The number of halogens is 2. The van der Waals surface area contributed by atoms with Crippen LogP contribution in [0.1, 0.15) is 105 Å².